The van der Waals surface area contributed by atoms with E-state index in [2.05, 4.69) is 10.1 Å². The number of alkyl halides is 1. The molecule has 0 saturated carbocycles. The van der Waals surface area contributed by atoms with Crippen molar-refractivity contribution in [1.82, 2.24) is 5.32 Å². The number of hydrogen-bond acceptors (Lipinski definition) is 3. The maximum Gasteiger partial charge on any atom is 0.320 e. The predicted molar refractivity (Wildman–Crippen MR) is 78.1 cm³/mol. The fraction of sp³-hybridized carbons (Fsp3) is 0.385. The van der Waals surface area contributed by atoms with Crippen LogP contribution in [0, 0.1) is 13.8 Å². The summed E-state index contributed by atoms with van der Waals surface area (Å²) < 4.78 is 4.23. The van der Waals surface area contributed by atoms with E-state index in [9.17, 15) is 9.59 Å². The number of amides is 1. The third kappa shape index (κ3) is 3.69. The molecule has 18 heavy (non-hydrogen) atoms. The molecule has 0 aromatic heterocycles. The molecule has 0 spiro atoms. The molecule has 0 saturated heterocycles. The summed E-state index contributed by atoms with van der Waals surface area (Å²) in [5.74, 6) is -0.492. The third-order valence-corrected chi connectivity index (χ3v) is 3.56. The number of benzene rings is 1. The molecular formula is C13H16INO3. The molecule has 1 rings (SSSR count). The Balaban J connectivity index is 2.69. The maximum absolute atomic E-state index is 12.0. The van der Waals surface area contributed by atoms with E-state index in [0.717, 1.165) is 11.1 Å². The Morgan fingerprint density at radius 2 is 1.89 bits per heavy atom. The first-order valence-corrected chi connectivity index (χ1v) is 6.78. The van der Waals surface area contributed by atoms with E-state index >= 15 is 0 Å². The summed E-state index contributed by atoms with van der Waals surface area (Å²) in [6, 6.07) is 5.70. The van der Waals surface area contributed by atoms with Crippen molar-refractivity contribution in [2.45, 2.75) is 17.8 Å². The SMILES string of the molecule is COC(=O)C(I)CNC(=O)c1c(C)cccc1C. The van der Waals surface area contributed by atoms with Crippen LogP contribution in [0.25, 0.3) is 0 Å². The van der Waals surface area contributed by atoms with Gasteiger partial charge in [-0.05, 0) is 25.0 Å². The standard InChI is InChI=1S/C13H16INO3/c1-8-5-4-6-9(2)11(8)12(16)15-7-10(14)13(17)18-3/h4-6,10H,7H2,1-3H3,(H,15,16). The van der Waals surface area contributed by atoms with Crippen LogP contribution < -0.4 is 5.32 Å². The fourth-order valence-electron chi connectivity index (χ4n) is 1.65. The summed E-state index contributed by atoms with van der Waals surface area (Å²) in [4.78, 5) is 23.2. The topological polar surface area (TPSA) is 55.4 Å². The third-order valence-electron chi connectivity index (χ3n) is 2.61. The molecule has 0 aliphatic rings. The number of nitrogens with one attached hydrogen (secondary N) is 1. The van der Waals surface area contributed by atoms with E-state index in [4.69, 9.17) is 0 Å². The Morgan fingerprint density at radius 3 is 2.39 bits per heavy atom. The first-order chi connectivity index (χ1) is 8.47. The molecular weight excluding hydrogens is 345 g/mol. The molecule has 1 N–H and O–H groups in total. The molecule has 0 bridgehead atoms. The summed E-state index contributed by atoms with van der Waals surface area (Å²) in [5.41, 5.74) is 2.53. The van der Waals surface area contributed by atoms with Gasteiger partial charge in [0.15, 0.2) is 0 Å². The van der Waals surface area contributed by atoms with Crippen molar-refractivity contribution in [3.8, 4) is 0 Å². The maximum atomic E-state index is 12.0. The minimum Gasteiger partial charge on any atom is -0.468 e. The van der Waals surface area contributed by atoms with Crippen LogP contribution in [0.3, 0.4) is 0 Å². The molecule has 5 heteroatoms. The molecule has 1 unspecified atom stereocenters. The van der Waals surface area contributed by atoms with Crippen molar-refractivity contribution in [3.63, 3.8) is 0 Å². The number of carbonyl (C=O) groups is 2. The van der Waals surface area contributed by atoms with Crippen molar-refractivity contribution in [2.24, 2.45) is 0 Å². The molecule has 1 aromatic carbocycles. The number of ether oxygens (including phenoxy) is 1. The first-order valence-electron chi connectivity index (χ1n) is 5.53. The van der Waals surface area contributed by atoms with Crippen LogP contribution >= 0.6 is 22.6 Å². The van der Waals surface area contributed by atoms with Crippen LogP contribution in [0.5, 0.6) is 0 Å². The zero-order chi connectivity index (χ0) is 13.7. The summed E-state index contributed by atoms with van der Waals surface area (Å²) in [6.45, 7) is 4.05. The van der Waals surface area contributed by atoms with Crippen molar-refractivity contribution >= 4 is 34.5 Å². The van der Waals surface area contributed by atoms with Gasteiger partial charge in [-0.25, -0.2) is 0 Å². The molecule has 0 fully saturated rings. The number of carbonyl (C=O) groups excluding carboxylic acids is 2. The lowest BCUT2D eigenvalue weighted by Crippen LogP contribution is -2.34. The number of rotatable bonds is 4. The molecule has 0 radical (unpaired) electrons. The van der Waals surface area contributed by atoms with Gasteiger partial charge in [0, 0.05) is 12.1 Å². The monoisotopic (exact) mass is 361 g/mol. The quantitative estimate of drug-likeness (QED) is 0.507. The van der Waals surface area contributed by atoms with E-state index in [1.165, 1.54) is 7.11 Å². The lowest BCUT2D eigenvalue weighted by Gasteiger charge is -2.12. The Labute approximate surface area is 120 Å². The highest BCUT2D eigenvalue weighted by atomic mass is 127. The van der Waals surface area contributed by atoms with Crippen LogP contribution in [-0.4, -0.2) is 29.5 Å². The Bertz CT molecular complexity index is 439. The summed E-state index contributed by atoms with van der Waals surface area (Å²) >= 11 is 1.95. The van der Waals surface area contributed by atoms with Gasteiger partial charge < -0.3 is 10.1 Å². The second-order valence-corrected chi connectivity index (χ2v) is 5.47. The predicted octanol–water partition coefficient (Wildman–Crippen LogP) is 2.01. The number of halogens is 1. The molecule has 1 atom stereocenters. The van der Waals surface area contributed by atoms with Crippen molar-refractivity contribution in [2.75, 3.05) is 13.7 Å². The minimum atomic E-state index is -0.374. The van der Waals surface area contributed by atoms with Gasteiger partial charge in [0.25, 0.3) is 5.91 Å². The van der Waals surface area contributed by atoms with E-state index in [0.29, 0.717) is 5.56 Å². The lowest BCUT2D eigenvalue weighted by molar-refractivity contribution is -0.139. The number of hydrogen-bond donors (Lipinski definition) is 1. The van der Waals surface area contributed by atoms with Gasteiger partial charge in [-0.2, -0.15) is 0 Å². The summed E-state index contributed by atoms with van der Waals surface area (Å²) in [5, 5.41) is 2.75. The van der Waals surface area contributed by atoms with Crippen LogP contribution in [0.1, 0.15) is 21.5 Å². The summed E-state index contributed by atoms with van der Waals surface area (Å²) in [6.07, 6.45) is 0. The average molecular weight is 361 g/mol. The second kappa shape index (κ2) is 6.72. The normalized spacial score (nSPS) is 11.8. The van der Waals surface area contributed by atoms with Crippen LogP contribution in [0.2, 0.25) is 0 Å². The van der Waals surface area contributed by atoms with E-state index in [-0.39, 0.29) is 22.3 Å². The highest BCUT2D eigenvalue weighted by molar-refractivity contribution is 14.1. The smallest absolute Gasteiger partial charge is 0.320 e. The highest BCUT2D eigenvalue weighted by Gasteiger charge is 2.18. The van der Waals surface area contributed by atoms with Crippen molar-refractivity contribution in [3.05, 3.63) is 34.9 Å². The zero-order valence-electron chi connectivity index (χ0n) is 10.6. The molecule has 0 heterocycles. The van der Waals surface area contributed by atoms with Gasteiger partial charge in [-0.15, -0.1) is 0 Å². The molecule has 98 valence electrons. The first kappa shape index (κ1) is 14.9. The number of esters is 1. The number of aryl methyl sites for hydroxylation is 2. The Kier molecular flexibility index (Phi) is 5.58. The lowest BCUT2D eigenvalue weighted by atomic mass is 10.0. The van der Waals surface area contributed by atoms with E-state index < -0.39 is 0 Å². The fourth-order valence-corrected chi connectivity index (χ4v) is 2.13. The molecule has 4 nitrogen and oxygen atoms in total. The highest BCUT2D eigenvalue weighted by Crippen LogP contribution is 2.13. The minimum absolute atomic E-state index is 0.156. The van der Waals surface area contributed by atoms with Gasteiger partial charge >= 0.3 is 5.97 Å². The molecule has 1 aromatic rings. The summed E-state index contributed by atoms with van der Waals surface area (Å²) in [7, 11) is 1.33. The van der Waals surface area contributed by atoms with E-state index in [1.807, 2.05) is 54.6 Å². The Morgan fingerprint density at radius 1 is 1.33 bits per heavy atom. The van der Waals surface area contributed by atoms with Gasteiger partial charge in [0.1, 0.15) is 3.92 Å². The second-order valence-electron chi connectivity index (χ2n) is 3.97. The molecule has 1 amide bonds. The van der Waals surface area contributed by atoms with Gasteiger partial charge in [-0.1, -0.05) is 40.8 Å². The van der Waals surface area contributed by atoms with Gasteiger partial charge in [0.05, 0.1) is 7.11 Å². The van der Waals surface area contributed by atoms with Crippen molar-refractivity contribution in [1.29, 1.82) is 0 Å². The average Bonchev–Trinajstić information content (AvgIpc) is 2.34. The largest absolute Gasteiger partial charge is 0.468 e. The van der Waals surface area contributed by atoms with Crippen molar-refractivity contribution < 1.29 is 14.3 Å². The molecule has 0 aliphatic heterocycles. The van der Waals surface area contributed by atoms with E-state index in [1.54, 1.807) is 0 Å². The van der Waals surface area contributed by atoms with Gasteiger partial charge in [-0.3, -0.25) is 9.59 Å². The van der Waals surface area contributed by atoms with Gasteiger partial charge in [0.2, 0.25) is 0 Å². The molecule has 0 aliphatic carbocycles. The van der Waals surface area contributed by atoms with Crippen LogP contribution in [0.4, 0.5) is 0 Å². The zero-order valence-corrected chi connectivity index (χ0v) is 12.8. The van der Waals surface area contributed by atoms with Crippen LogP contribution in [-0.2, 0) is 9.53 Å². The Hall–Kier alpha value is -1.11. The van der Waals surface area contributed by atoms with Crippen LogP contribution in [0.15, 0.2) is 18.2 Å². The number of methoxy groups -OCH3 is 1.